The van der Waals surface area contributed by atoms with Crippen molar-refractivity contribution in [2.45, 2.75) is 69.4 Å². The number of hydrogen-bond acceptors (Lipinski definition) is 3. The first-order chi connectivity index (χ1) is 8.68. The van der Waals surface area contributed by atoms with E-state index in [2.05, 4.69) is 5.32 Å². The van der Waals surface area contributed by atoms with E-state index >= 15 is 0 Å². The maximum atomic E-state index is 11.7. The van der Waals surface area contributed by atoms with Gasteiger partial charge in [-0.3, -0.25) is 4.79 Å². The van der Waals surface area contributed by atoms with Crippen molar-refractivity contribution < 1.29 is 9.53 Å². The Labute approximate surface area is 110 Å². The van der Waals surface area contributed by atoms with Gasteiger partial charge in [0.25, 0.3) is 0 Å². The molecule has 0 aromatic carbocycles. The van der Waals surface area contributed by atoms with E-state index in [9.17, 15) is 4.79 Å². The number of nitrogens with one attached hydrogen (secondary N) is 1. The molecule has 0 aliphatic heterocycles. The van der Waals surface area contributed by atoms with Gasteiger partial charge >= 0.3 is 0 Å². The van der Waals surface area contributed by atoms with E-state index in [1.165, 1.54) is 32.1 Å². The fraction of sp³-hybridized carbons (Fsp3) is 0.929. The van der Waals surface area contributed by atoms with E-state index < -0.39 is 0 Å². The maximum absolute atomic E-state index is 11.7. The Kier molecular flexibility index (Phi) is 5.01. The molecular formula is C14H26N2O2. The topological polar surface area (TPSA) is 64.3 Å². The summed E-state index contributed by atoms with van der Waals surface area (Å²) in [5.74, 6) is 0.0171. The van der Waals surface area contributed by atoms with Gasteiger partial charge in [-0.1, -0.05) is 32.1 Å². The average molecular weight is 254 g/mol. The van der Waals surface area contributed by atoms with Crippen molar-refractivity contribution in [3.8, 4) is 0 Å². The van der Waals surface area contributed by atoms with Crippen LogP contribution in [-0.4, -0.2) is 30.7 Å². The van der Waals surface area contributed by atoms with E-state index in [-0.39, 0.29) is 18.1 Å². The summed E-state index contributed by atoms with van der Waals surface area (Å²) in [6.45, 7) is 0.681. The van der Waals surface area contributed by atoms with E-state index in [0.717, 1.165) is 25.7 Å². The number of ether oxygens (including phenoxy) is 1. The first-order valence-corrected chi connectivity index (χ1v) is 7.34. The van der Waals surface area contributed by atoms with Crippen LogP contribution in [0.15, 0.2) is 0 Å². The van der Waals surface area contributed by atoms with E-state index in [1.54, 1.807) is 0 Å². The minimum atomic E-state index is -0.175. The van der Waals surface area contributed by atoms with Crippen molar-refractivity contribution in [2.75, 3.05) is 13.2 Å². The van der Waals surface area contributed by atoms with Gasteiger partial charge in [0.1, 0.15) is 6.61 Å². The van der Waals surface area contributed by atoms with Crippen LogP contribution in [0.5, 0.6) is 0 Å². The fourth-order valence-electron chi connectivity index (χ4n) is 3.09. The summed E-state index contributed by atoms with van der Waals surface area (Å²) in [7, 11) is 0. The monoisotopic (exact) mass is 254 g/mol. The Morgan fingerprint density at radius 1 is 1.17 bits per heavy atom. The molecule has 2 saturated carbocycles. The Hall–Kier alpha value is -0.610. The van der Waals surface area contributed by atoms with Crippen molar-refractivity contribution in [3.05, 3.63) is 0 Å². The lowest BCUT2D eigenvalue weighted by Crippen LogP contribution is -2.43. The predicted octanol–water partition coefficient (Wildman–Crippen LogP) is 1.72. The minimum Gasteiger partial charge on any atom is -0.370 e. The third-order valence-corrected chi connectivity index (χ3v) is 4.19. The molecule has 0 aromatic heterocycles. The van der Waals surface area contributed by atoms with Crippen molar-refractivity contribution in [3.63, 3.8) is 0 Å². The van der Waals surface area contributed by atoms with Crippen LogP contribution in [0.1, 0.15) is 57.8 Å². The first kappa shape index (κ1) is 13.8. The summed E-state index contributed by atoms with van der Waals surface area (Å²) in [5, 5.41) is 3.05. The van der Waals surface area contributed by atoms with Crippen LogP contribution in [0.25, 0.3) is 0 Å². The highest BCUT2D eigenvalue weighted by Crippen LogP contribution is 2.27. The van der Waals surface area contributed by atoms with Crippen LogP contribution < -0.4 is 11.1 Å². The molecule has 2 aliphatic carbocycles. The standard InChI is InChI=1S/C14H26N2O2/c15-14(8-4-5-9-14)11-18-10-13(17)16-12-6-2-1-3-7-12/h12H,1-11,15H2,(H,16,17). The van der Waals surface area contributed by atoms with Crippen molar-refractivity contribution >= 4 is 5.91 Å². The van der Waals surface area contributed by atoms with E-state index in [0.29, 0.717) is 12.6 Å². The Bertz CT molecular complexity index is 269. The Morgan fingerprint density at radius 3 is 2.50 bits per heavy atom. The number of carbonyl (C=O) groups is 1. The van der Waals surface area contributed by atoms with E-state index in [1.807, 2.05) is 0 Å². The summed E-state index contributed by atoms with van der Waals surface area (Å²) < 4.78 is 5.49. The van der Waals surface area contributed by atoms with Gasteiger partial charge in [-0.2, -0.15) is 0 Å². The molecule has 0 aromatic rings. The van der Waals surface area contributed by atoms with Crippen LogP contribution >= 0.6 is 0 Å². The van der Waals surface area contributed by atoms with Crippen LogP contribution in [-0.2, 0) is 9.53 Å². The number of amides is 1. The maximum Gasteiger partial charge on any atom is 0.246 e. The molecule has 18 heavy (non-hydrogen) atoms. The molecule has 0 heterocycles. The number of nitrogens with two attached hydrogens (primary N) is 1. The second-order valence-corrected chi connectivity index (χ2v) is 5.96. The molecule has 0 atom stereocenters. The lowest BCUT2D eigenvalue weighted by Gasteiger charge is -2.24. The third kappa shape index (κ3) is 4.25. The predicted molar refractivity (Wildman–Crippen MR) is 71.2 cm³/mol. The van der Waals surface area contributed by atoms with Crippen LogP contribution in [0, 0.1) is 0 Å². The zero-order chi connectivity index (χ0) is 12.8. The highest BCUT2D eigenvalue weighted by atomic mass is 16.5. The molecule has 0 spiro atoms. The molecule has 1 amide bonds. The van der Waals surface area contributed by atoms with Gasteiger partial charge in [0.05, 0.1) is 6.61 Å². The lowest BCUT2D eigenvalue weighted by molar-refractivity contribution is -0.127. The van der Waals surface area contributed by atoms with Gasteiger partial charge in [0, 0.05) is 11.6 Å². The van der Waals surface area contributed by atoms with Gasteiger partial charge in [0.15, 0.2) is 0 Å². The normalized spacial score (nSPS) is 24.1. The molecule has 2 fully saturated rings. The average Bonchev–Trinajstić information content (AvgIpc) is 2.77. The lowest BCUT2D eigenvalue weighted by atomic mass is 9.95. The third-order valence-electron chi connectivity index (χ3n) is 4.19. The van der Waals surface area contributed by atoms with Crippen molar-refractivity contribution in [2.24, 2.45) is 5.73 Å². The summed E-state index contributed by atoms with van der Waals surface area (Å²) in [6.07, 6.45) is 10.4. The smallest absolute Gasteiger partial charge is 0.246 e. The van der Waals surface area contributed by atoms with Crippen molar-refractivity contribution in [1.82, 2.24) is 5.32 Å². The summed E-state index contributed by atoms with van der Waals surface area (Å²) in [6, 6.07) is 0.369. The molecule has 4 heteroatoms. The summed E-state index contributed by atoms with van der Waals surface area (Å²) in [4.78, 5) is 11.7. The molecule has 4 nitrogen and oxygen atoms in total. The van der Waals surface area contributed by atoms with Gasteiger partial charge in [-0.15, -0.1) is 0 Å². The summed E-state index contributed by atoms with van der Waals surface area (Å²) in [5.41, 5.74) is 6.00. The second-order valence-electron chi connectivity index (χ2n) is 5.96. The highest BCUT2D eigenvalue weighted by Gasteiger charge is 2.29. The van der Waals surface area contributed by atoms with Crippen LogP contribution in [0.4, 0.5) is 0 Å². The molecule has 0 saturated heterocycles. The molecule has 2 rings (SSSR count). The SMILES string of the molecule is NC1(COCC(=O)NC2CCCCC2)CCCC1. The van der Waals surface area contributed by atoms with Crippen molar-refractivity contribution in [1.29, 1.82) is 0 Å². The molecule has 0 unspecified atom stereocenters. The first-order valence-electron chi connectivity index (χ1n) is 7.34. The molecule has 104 valence electrons. The van der Waals surface area contributed by atoms with Gasteiger partial charge in [-0.25, -0.2) is 0 Å². The van der Waals surface area contributed by atoms with E-state index in [4.69, 9.17) is 10.5 Å². The quantitative estimate of drug-likeness (QED) is 0.785. The van der Waals surface area contributed by atoms with Gasteiger partial charge < -0.3 is 15.8 Å². The fourth-order valence-corrected chi connectivity index (χ4v) is 3.09. The Balaban J connectivity index is 1.59. The highest BCUT2D eigenvalue weighted by molar-refractivity contribution is 5.77. The Morgan fingerprint density at radius 2 is 1.83 bits per heavy atom. The summed E-state index contributed by atoms with van der Waals surface area (Å²) >= 11 is 0. The van der Waals surface area contributed by atoms with Crippen LogP contribution in [0.3, 0.4) is 0 Å². The number of rotatable bonds is 5. The van der Waals surface area contributed by atoms with Gasteiger partial charge in [-0.05, 0) is 25.7 Å². The molecule has 3 N–H and O–H groups in total. The molecule has 0 bridgehead atoms. The second kappa shape index (κ2) is 6.53. The molecule has 0 radical (unpaired) electrons. The van der Waals surface area contributed by atoms with Crippen LogP contribution in [0.2, 0.25) is 0 Å². The van der Waals surface area contributed by atoms with Gasteiger partial charge in [0.2, 0.25) is 5.91 Å². The zero-order valence-electron chi connectivity index (χ0n) is 11.2. The largest absolute Gasteiger partial charge is 0.370 e. The zero-order valence-corrected chi connectivity index (χ0v) is 11.2. The molecular weight excluding hydrogens is 228 g/mol. The number of hydrogen-bond donors (Lipinski definition) is 2. The minimum absolute atomic E-state index is 0.0171. The number of carbonyl (C=O) groups excluding carboxylic acids is 1. The molecule has 2 aliphatic rings.